The fourth-order valence-electron chi connectivity index (χ4n) is 1.75. The lowest BCUT2D eigenvalue weighted by Crippen LogP contribution is -2.40. The van der Waals surface area contributed by atoms with Gasteiger partial charge in [0.15, 0.2) is 6.10 Å². The number of nitro benzene ring substituents is 1. The normalized spacial score (nSPS) is 12.4. The second-order valence-corrected chi connectivity index (χ2v) is 6.02. The Morgan fingerprint density at radius 1 is 1.39 bits per heavy atom. The highest BCUT2D eigenvalue weighted by Crippen LogP contribution is 2.18. The minimum atomic E-state index is -1.49. The van der Waals surface area contributed by atoms with Crippen LogP contribution in [0.4, 0.5) is 5.69 Å². The molecule has 1 rings (SSSR count). The highest BCUT2D eigenvalue weighted by atomic mass is 16.6. The third-order valence-corrected chi connectivity index (χ3v) is 2.79. The summed E-state index contributed by atoms with van der Waals surface area (Å²) in [5.41, 5.74) is -0.285. The molecule has 1 unspecified atom stereocenters. The summed E-state index contributed by atoms with van der Waals surface area (Å²) >= 11 is 0. The number of carbonyl (C=O) groups is 2. The number of esters is 1. The van der Waals surface area contributed by atoms with E-state index in [0.29, 0.717) is 5.56 Å². The van der Waals surface area contributed by atoms with E-state index >= 15 is 0 Å². The second kappa shape index (κ2) is 7.19. The molecule has 0 saturated carbocycles. The summed E-state index contributed by atoms with van der Waals surface area (Å²) in [5, 5.41) is 22.8. The minimum absolute atomic E-state index is 0.0876. The Morgan fingerprint density at radius 3 is 2.48 bits per heavy atom. The Bertz CT molecular complexity index is 621. The number of ether oxygens (including phenoxy) is 1. The Labute approximate surface area is 133 Å². The predicted molar refractivity (Wildman–Crippen MR) is 82.0 cm³/mol. The SMILES string of the molecule is Cc1cc(C(=O)NCC(O)C(=O)OC(C)(C)C)ccc1[N+](=O)[O-]. The number of aliphatic hydroxyl groups is 1. The maximum atomic E-state index is 11.9. The van der Waals surface area contributed by atoms with Crippen LogP contribution in [0.5, 0.6) is 0 Å². The van der Waals surface area contributed by atoms with E-state index in [9.17, 15) is 24.8 Å². The fourth-order valence-corrected chi connectivity index (χ4v) is 1.75. The van der Waals surface area contributed by atoms with Crippen LogP contribution < -0.4 is 5.32 Å². The maximum Gasteiger partial charge on any atom is 0.337 e. The van der Waals surface area contributed by atoms with Gasteiger partial charge in [0.1, 0.15) is 5.60 Å². The standard InChI is InChI=1S/C15H20N2O6/c1-9-7-10(5-6-11(9)17(21)22)13(19)16-8-12(18)14(20)23-15(2,3)4/h5-7,12,18H,8H2,1-4H3,(H,16,19). The molecule has 8 nitrogen and oxygen atoms in total. The first-order valence-electron chi connectivity index (χ1n) is 6.95. The molecule has 0 aliphatic heterocycles. The molecule has 1 amide bonds. The maximum absolute atomic E-state index is 11.9. The Kier molecular flexibility index (Phi) is 5.80. The lowest BCUT2D eigenvalue weighted by atomic mass is 10.1. The lowest BCUT2D eigenvalue weighted by Gasteiger charge is -2.21. The molecule has 126 valence electrons. The molecule has 23 heavy (non-hydrogen) atoms. The molecular weight excluding hydrogens is 304 g/mol. The Hall–Kier alpha value is -2.48. The van der Waals surface area contributed by atoms with Crippen molar-refractivity contribution in [1.82, 2.24) is 5.32 Å². The molecule has 0 fully saturated rings. The van der Waals surface area contributed by atoms with Crippen molar-refractivity contribution >= 4 is 17.6 Å². The molecule has 1 aromatic carbocycles. The molecule has 0 saturated heterocycles. The van der Waals surface area contributed by atoms with Crippen LogP contribution in [0.1, 0.15) is 36.7 Å². The van der Waals surface area contributed by atoms with Crippen molar-refractivity contribution in [2.75, 3.05) is 6.54 Å². The highest BCUT2D eigenvalue weighted by Gasteiger charge is 2.24. The molecule has 0 bridgehead atoms. The van der Waals surface area contributed by atoms with Gasteiger partial charge in [-0.2, -0.15) is 0 Å². The summed E-state index contributed by atoms with van der Waals surface area (Å²) in [5.74, 6) is -1.39. The van der Waals surface area contributed by atoms with Crippen LogP contribution in [-0.2, 0) is 9.53 Å². The third kappa shape index (κ3) is 5.67. The molecule has 8 heteroatoms. The molecule has 0 aromatic heterocycles. The van der Waals surface area contributed by atoms with Crippen LogP contribution in [0.15, 0.2) is 18.2 Å². The summed E-state index contributed by atoms with van der Waals surface area (Å²) in [6.45, 7) is 6.19. The third-order valence-electron chi connectivity index (χ3n) is 2.79. The molecule has 1 atom stereocenters. The van der Waals surface area contributed by atoms with Gasteiger partial charge in [-0.15, -0.1) is 0 Å². The molecule has 0 heterocycles. The zero-order chi connectivity index (χ0) is 17.8. The number of hydrogen-bond acceptors (Lipinski definition) is 6. The number of nitro groups is 1. The number of rotatable bonds is 5. The van der Waals surface area contributed by atoms with Crippen LogP contribution in [0.3, 0.4) is 0 Å². The van der Waals surface area contributed by atoms with Gasteiger partial charge in [-0.25, -0.2) is 4.79 Å². The summed E-state index contributed by atoms with van der Waals surface area (Å²) in [4.78, 5) is 33.7. The average molecular weight is 324 g/mol. The van der Waals surface area contributed by atoms with Crippen molar-refractivity contribution in [1.29, 1.82) is 0 Å². The topological polar surface area (TPSA) is 119 Å². The smallest absolute Gasteiger partial charge is 0.337 e. The summed E-state index contributed by atoms with van der Waals surface area (Å²) in [6, 6.07) is 3.90. The zero-order valence-electron chi connectivity index (χ0n) is 13.5. The quantitative estimate of drug-likeness (QED) is 0.479. The largest absolute Gasteiger partial charge is 0.458 e. The fraction of sp³-hybridized carbons (Fsp3) is 0.467. The van der Waals surface area contributed by atoms with Crippen LogP contribution in [0, 0.1) is 17.0 Å². The highest BCUT2D eigenvalue weighted by molar-refractivity contribution is 5.95. The van der Waals surface area contributed by atoms with Gasteiger partial charge in [-0.05, 0) is 39.8 Å². The van der Waals surface area contributed by atoms with Crippen molar-refractivity contribution in [3.63, 3.8) is 0 Å². The number of nitrogens with one attached hydrogen (secondary N) is 1. The zero-order valence-corrected chi connectivity index (χ0v) is 13.5. The number of benzene rings is 1. The summed E-state index contributed by atoms with van der Waals surface area (Å²) < 4.78 is 4.98. The molecule has 1 aromatic rings. The first-order chi connectivity index (χ1) is 10.5. The van der Waals surface area contributed by atoms with E-state index in [0.717, 1.165) is 0 Å². The van der Waals surface area contributed by atoms with E-state index < -0.39 is 28.5 Å². The van der Waals surface area contributed by atoms with Crippen molar-refractivity contribution in [2.45, 2.75) is 39.4 Å². The molecular formula is C15H20N2O6. The van der Waals surface area contributed by atoms with Gasteiger partial charge in [0.2, 0.25) is 0 Å². The number of nitrogens with zero attached hydrogens (tertiary/aromatic N) is 1. The van der Waals surface area contributed by atoms with Gasteiger partial charge in [0.25, 0.3) is 11.6 Å². The first-order valence-corrected chi connectivity index (χ1v) is 6.95. The molecule has 0 aliphatic rings. The van der Waals surface area contributed by atoms with Crippen molar-refractivity contribution in [3.8, 4) is 0 Å². The Morgan fingerprint density at radius 2 is 2.00 bits per heavy atom. The number of carbonyl (C=O) groups excluding carboxylic acids is 2. The van der Waals surface area contributed by atoms with E-state index in [1.807, 2.05) is 0 Å². The number of amides is 1. The van der Waals surface area contributed by atoms with Crippen molar-refractivity contribution < 1.29 is 24.4 Å². The molecule has 2 N–H and O–H groups in total. The van der Waals surface area contributed by atoms with Crippen LogP contribution in [0.25, 0.3) is 0 Å². The van der Waals surface area contributed by atoms with Crippen LogP contribution in [0.2, 0.25) is 0 Å². The summed E-state index contributed by atoms with van der Waals surface area (Å²) in [6.07, 6.45) is -1.49. The van der Waals surface area contributed by atoms with Gasteiger partial charge >= 0.3 is 5.97 Å². The predicted octanol–water partition coefficient (Wildman–Crippen LogP) is 1.34. The number of aryl methyl sites for hydroxylation is 1. The lowest BCUT2D eigenvalue weighted by molar-refractivity contribution is -0.385. The number of aliphatic hydroxyl groups excluding tert-OH is 1. The van der Waals surface area contributed by atoms with Gasteiger partial charge in [0.05, 0.1) is 11.5 Å². The molecule has 0 radical (unpaired) electrons. The van der Waals surface area contributed by atoms with Crippen molar-refractivity contribution in [2.24, 2.45) is 0 Å². The molecule has 0 aliphatic carbocycles. The van der Waals surface area contributed by atoms with Crippen molar-refractivity contribution in [3.05, 3.63) is 39.4 Å². The van der Waals surface area contributed by atoms with E-state index in [2.05, 4.69) is 5.32 Å². The monoisotopic (exact) mass is 324 g/mol. The average Bonchev–Trinajstić information content (AvgIpc) is 2.41. The van der Waals surface area contributed by atoms with Gasteiger partial charge < -0.3 is 15.2 Å². The number of hydrogen-bond donors (Lipinski definition) is 2. The second-order valence-electron chi connectivity index (χ2n) is 6.02. The first kappa shape index (κ1) is 18.6. The van der Waals surface area contributed by atoms with E-state index in [4.69, 9.17) is 4.74 Å². The van der Waals surface area contributed by atoms with E-state index in [1.54, 1.807) is 20.8 Å². The molecule has 0 spiro atoms. The minimum Gasteiger partial charge on any atom is -0.458 e. The Balaban J connectivity index is 2.65. The van der Waals surface area contributed by atoms with Gasteiger partial charge in [0, 0.05) is 17.2 Å². The van der Waals surface area contributed by atoms with E-state index in [-0.39, 0.29) is 17.8 Å². The van der Waals surface area contributed by atoms with E-state index in [1.165, 1.54) is 25.1 Å². The van der Waals surface area contributed by atoms with Gasteiger partial charge in [-0.1, -0.05) is 0 Å². The summed E-state index contributed by atoms with van der Waals surface area (Å²) in [7, 11) is 0. The van der Waals surface area contributed by atoms with Crippen LogP contribution in [-0.4, -0.2) is 40.2 Å². The van der Waals surface area contributed by atoms with Crippen LogP contribution >= 0.6 is 0 Å². The van der Waals surface area contributed by atoms with Gasteiger partial charge in [-0.3, -0.25) is 14.9 Å².